The van der Waals surface area contributed by atoms with Gasteiger partial charge in [0, 0.05) is 17.5 Å². The van der Waals surface area contributed by atoms with Crippen LogP contribution >= 0.6 is 11.3 Å². The molecule has 0 unspecified atom stereocenters. The van der Waals surface area contributed by atoms with E-state index in [1.54, 1.807) is 12.1 Å². The van der Waals surface area contributed by atoms with Crippen molar-refractivity contribution >= 4 is 22.4 Å². The molecule has 1 heterocycles. The number of benzene rings is 3. The summed E-state index contributed by atoms with van der Waals surface area (Å²) >= 11 is 1.49. The van der Waals surface area contributed by atoms with E-state index in [1.165, 1.54) is 35.3 Å². The van der Waals surface area contributed by atoms with E-state index in [9.17, 15) is 4.79 Å². The van der Waals surface area contributed by atoms with Crippen LogP contribution in [0.4, 0.5) is 5.13 Å². The molecule has 0 fully saturated rings. The molecule has 6 heteroatoms. The van der Waals surface area contributed by atoms with Crippen molar-refractivity contribution in [2.75, 3.05) is 11.9 Å². The molecule has 0 atom stereocenters. The van der Waals surface area contributed by atoms with E-state index in [0.717, 1.165) is 29.0 Å². The highest BCUT2D eigenvalue weighted by atomic mass is 32.1. The first-order chi connectivity index (χ1) is 17.2. The summed E-state index contributed by atoms with van der Waals surface area (Å²) in [5.74, 6) is 1.11. The van der Waals surface area contributed by atoms with Crippen LogP contribution in [0.3, 0.4) is 0 Å². The molecule has 1 amide bonds. The summed E-state index contributed by atoms with van der Waals surface area (Å²) in [4.78, 5) is 17.8. The van der Waals surface area contributed by atoms with Gasteiger partial charge in [-0.1, -0.05) is 67.9 Å². The Kier molecular flexibility index (Phi) is 8.90. The van der Waals surface area contributed by atoms with Crippen molar-refractivity contribution in [3.8, 4) is 11.5 Å². The zero-order valence-electron chi connectivity index (χ0n) is 19.9. The minimum absolute atomic E-state index is 0.0850. The Morgan fingerprint density at radius 2 is 1.54 bits per heavy atom. The third-order valence-corrected chi connectivity index (χ3v) is 6.37. The number of carbonyl (C=O) groups excluding carboxylic acids is 1. The van der Waals surface area contributed by atoms with Gasteiger partial charge in [-0.25, -0.2) is 4.98 Å². The van der Waals surface area contributed by atoms with Gasteiger partial charge in [-0.2, -0.15) is 0 Å². The largest absolute Gasteiger partial charge is 0.489 e. The van der Waals surface area contributed by atoms with Crippen molar-refractivity contribution in [1.82, 2.24) is 4.98 Å². The maximum atomic E-state index is 12.3. The van der Waals surface area contributed by atoms with Gasteiger partial charge >= 0.3 is 0 Å². The van der Waals surface area contributed by atoms with Crippen LogP contribution in [0.25, 0.3) is 0 Å². The van der Waals surface area contributed by atoms with Crippen LogP contribution in [-0.4, -0.2) is 17.5 Å². The number of aromatic nitrogens is 1. The van der Waals surface area contributed by atoms with E-state index in [-0.39, 0.29) is 12.5 Å². The molecule has 3 aromatic carbocycles. The number of carbonyl (C=O) groups is 1. The maximum absolute atomic E-state index is 12.3. The van der Waals surface area contributed by atoms with Crippen LogP contribution < -0.4 is 14.8 Å². The van der Waals surface area contributed by atoms with Crippen LogP contribution in [0.5, 0.6) is 11.5 Å². The van der Waals surface area contributed by atoms with Crippen LogP contribution in [-0.2, 0) is 24.2 Å². The summed E-state index contributed by atoms with van der Waals surface area (Å²) in [7, 11) is 0. The van der Waals surface area contributed by atoms with Crippen molar-refractivity contribution in [2.45, 2.75) is 39.2 Å². The molecule has 0 spiro atoms. The number of anilines is 1. The molecule has 0 bridgehead atoms. The van der Waals surface area contributed by atoms with Gasteiger partial charge in [0.1, 0.15) is 18.1 Å². The summed E-state index contributed by atoms with van der Waals surface area (Å²) in [5.41, 5.74) is 3.73. The number of nitrogens with zero attached hydrogens (tertiary/aromatic N) is 1. The molecule has 4 rings (SSSR count). The average molecular weight is 487 g/mol. The van der Waals surface area contributed by atoms with E-state index in [1.807, 2.05) is 48.7 Å². The predicted molar refractivity (Wildman–Crippen MR) is 141 cm³/mol. The molecule has 35 heavy (non-hydrogen) atoms. The number of rotatable bonds is 12. The van der Waals surface area contributed by atoms with Gasteiger partial charge < -0.3 is 9.47 Å². The minimum Gasteiger partial charge on any atom is -0.489 e. The standard InChI is InChI=1S/C29H30N2O3S/c1-2-3-7-22-10-12-23(13-11-22)18-27-19-30-29(35-27)31-28(32)21-34-26-16-14-25(15-17-26)33-20-24-8-5-4-6-9-24/h4-6,8-17,19H,2-3,7,18,20-21H2,1H3,(H,30,31,32). The van der Waals surface area contributed by atoms with Gasteiger partial charge in [0.25, 0.3) is 5.91 Å². The third-order valence-electron chi connectivity index (χ3n) is 5.46. The monoisotopic (exact) mass is 486 g/mol. The molecule has 0 saturated carbocycles. The van der Waals surface area contributed by atoms with Crippen molar-refractivity contribution in [1.29, 1.82) is 0 Å². The molecular formula is C29H30N2O3S. The molecule has 180 valence electrons. The summed E-state index contributed by atoms with van der Waals surface area (Å²) in [6.07, 6.45) is 6.17. The van der Waals surface area contributed by atoms with Crippen molar-refractivity contribution in [2.24, 2.45) is 0 Å². The lowest BCUT2D eigenvalue weighted by molar-refractivity contribution is -0.118. The molecule has 0 saturated heterocycles. The first-order valence-electron chi connectivity index (χ1n) is 11.9. The molecular weight excluding hydrogens is 456 g/mol. The number of amides is 1. The quantitative estimate of drug-likeness (QED) is 0.243. The SMILES string of the molecule is CCCCc1ccc(Cc2cnc(NC(=O)COc3ccc(OCc4ccccc4)cc3)s2)cc1. The van der Waals surface area contributed by atoms with Gasteiger partial charge in [0.05, 0.1) is 0 Å². The van der Waals surface area contributed by atoms with Crippen LogP contribution in [0, 0.1) is 0 Å². The van der Waals surface area contributed by atoms with E-state index < -0.39 is 0 Å². The second-order valence-electron chi connectivity index (χ2n) is 8.31. The number of ether oxygens (including phenoxy) is 2. The Morgan fingerprint density at radius 1 is 0.857 bits per heavy atom. The molecule has 0 aliphatic rings. The molecule has 5 nitrogen and oxygen atoms in total. The zero-order chi connectivity index (χ0) is 24.3. The second-order valence-corrected chi connectivity index (χ2v) is 9.43. The van der Waals surface area contributed by atoms with Gasteiger partial charge in [-0.15, -0.1) is 11.3 Å². The van der Waals surface area contributed by atoms with E-state index in [0.29, 0.717) is 17.5 Å². The summed E-state index contributed by atoms with van der Waals surface area (Å²) in [5, 5.41) is 3.40. The van der Waals surface area contributed by atoms with Gasteiger partial charge in [-0.3, -0.25) is 10.1 Å². The fourth-order valence-corrected chi connectivity index (χ4v) is 4.39. The molecule has 4 aromatic rings. The van der Waals surface area contributed by atoms with E-state index >= 15 is 0 Å². The average Bonchev–Trinajstić information content (AvgIpc) is 3.33. The molecule has 1 N–H and O–H groups in total. The Bertz CT molecular complexity index is 1190. The van der Waals surface area contributed by atoms with Gasteiger partial charge in [0.2, 0.25) is 0 Å². The second kappa shape index (κ2) is 12.7. The lowest BCUT2D eigenvalue weighted by atomic mass is 10.0. The first-order valence-corrected chi connectivity index (χ1v) is 12.7. The Hall–Kier alpha value is -3.64. The fraction of sp³-hybridized carbons (Fsp3) is 0.241. The fourth-order valence-electron chi connectivity index (χ4n) is 3.53. The lowest BCUT2D eigenvalue weighted by Gasteiger charge is -2.08. The molecule has 0 radical (unpaired) electrons. The highest BCUT2D eigenvalue weighted by molar-refractivity contribution is 7.15. The third kappa shape index (κ3) is 7.97. The number of nitrogens with one attached hydrogen (secondary N) is 1. The minimum atomic E-state index is -0.240. The maximum Gasteiger partial charge on any atom is 0.264 e. The molecule has 0 aliphatic carbocycles. The van der Waals surface area contributed by atoms with E-state index in [4.69, 9.17) is 9.47 Å². The Labute approximate surface area is 210 Å². The van der Waals surface area contributed by atoms with Crippen molar-refractivity contribution in [3.05, 3.63) is 107 Å². The summed E-state index contributed by atoms with van der Waals surface area (Å²) < 4.78 is 11.4. The lowest BCUT2D eigenvalue weighted by Crippen LogP contribution is -2.19. The predicted octanol–water partition coefficient (Wildman–Crippen LogP) is 6.67. The van der Waals surface area contributed by atoms with Gasteiger partial charge in [-0.05, 0) is 53.8 Å². The molecule has 0 aliphatic heterocycles. The number of aryl methyl sites for hydroxylation is 1. The molecule has 1 aromatic heterocycles. The smallest absolute Gasteiger partial charge is 0.264 e. The number of thiazole rings is 1. The van der Waals surface area contributed by atoms with Crippen LogP contribution in [0.15, 0.2) is 85.1 Å². The summed E-state index contributed by atoms with van der Waals surface area (Å²) in [6, 6.07) is 26.0. The van der Waals surface area contributed by atoms with Crippen LogP contribution in [0.2, 0.25) is 0 Å². The van der Waals surface area contributed by atoms with Crippen molar-refractivity contribution < 1.29 is 14.3 Å². The zero-order valence-corrected chi connectivity index (χ0v) is 20.7. The normalized spacial score (nSPS) is 10.7. The Balaban J connectivity index is 1.20. The van der Waals surface area contributed by atoms with Crippen molar-refractivity contribution in [3.63, 3.8) is 0 Å². The van der Waals surface area contributed by atoms with Crippen LogP contribution in [0.1, 0.15) is 41.3 Å². The topological polar surface area (TPSA) is 60.5 Å². The number of unbranched alkanes of at least 4 members (excludes halogenated alkanes) is 1. The highest BCUT2D eigenvalue weighted by Crippen LogP contribution is 2.22. The summed E-state index contributed by atoms with van der Waals surface area (Å²) in [6.45, 7) is 2.63. The first kappa shape index (κ1) is 24.5. The highest BCUT2D eigenvalue weighted by Gasteiger charge is 2.09. The number of hydrogen-bond donors (Lipinski definition) is 1. The Morgan fingerprint density at radius 3 is 2.26 bits per heavy atom. The number of hydrogen-bond acceptors (Lipinski definition) is 5. The van der Waals surface area contributed by atoms with Gasteiger partial charge in [0.15, 0.2) is 11.7 Å². The van der Waals surface area contributed by atoms with E-state index in [2.05, 4.69) is 41.5 Å².